The van der Waals surface area contributed by atoms with Gasteiger partial charge in [-0.3, -0.25) is 0 Å². The van der Waals surface area contributed by atoms with Crippen LogP contribution in [0.5, 0.6) is 0 Å². The maximum absolute atomic E-state index is 13.1. The SMILES string of the molecule is CC(Nc1ccc(N(C)C)c(Cl)c1)c1ccc(F)cc1Cl. The van der Waals surface area contributed by atoms with Crippen LogP contribution in [0.4, 0.5) is 15.8 Å². The minimum atomic E-state index is -0.339. The van der Waals surface area contributed by atoms with Gasteiger partial charge in [0.25, 0.3) is 0 Å². The van der Waals surface area contributed by atoms with Crippen molar-refractivity contribution in [1.82, 2.24) is 0 Å². The third-order valence-corrected chi connectivity index (χ3v) is 3.87. The molecule has 0 saturated carbocycles. The molecule has 0 fully saturated rings. The molecule has 1 N–H and O–H groups in total. The molecular weight excluding hydrogens is 310 g/mol. The summed E-state index contributed by atoms with van der Waals surface area (Å²) in [7, 11) is 3.88. The van der Waals surface area contributed by atoms with E-state index in [1.54, 1.807) is 6.07 Å². The Hall–Kier alpha value is -1.45. The van der Waals surface area contributed by atoms with Gasteiger partial charge in [-0.25, -0.2) is 4.39 Å². The molecule has 0 heterocycles. The average Bonchev–Trinajstić information content (AvgIpc) is 2.37. The van der Waals surface area contributed by atoms with E-state index in [1.807, 2.05) is 44.1 Å². The minimum absolute atomic E-state index is 0.0561. The topological polar surface area (TPSA) is 15.3 Å². The van der Waals surface area contributed by atoms with Crippen LogP contribution in [0.1, 0.15) is 18.5 Å². The maximum Gasteiger partial charge on any atom is 0.124 e. The van der Waals surface area contributed by atoms with Crippen LogP contribution < -0.4 is 10.2 Å². The fourth-order valence-electron chi connectivity index (χ4n) is 2.14. The van der Waals surface area contributed by atoms with Gasteiger partial charge in [0.1, 0.15) is 5.82 Å². The lowest BCUT2D eigenvalue weighted by Gasteiger charge is -2.19. The third-order valence-electron chi connectivity index (χ3n) is 3.24. The second-order valence-electron chi connectivity index (χ2n) is 5.09. The van der Waals surface area contributed by atoms with Crippen LogP contribution in [0.3, 0.4) is 0 Å². The molecule has 2 rings (SSSR count). The van der Waals surface area contributed by atoms with E-state index in [1.165, 1.54) is 12.1 Å². The number of nitrogens with zero attached hydrogens (tertiary/aromatic N) is 1. The quantitative estimate of drug-likeness (QED) is 0.812. The molecule has 0 bridgehead atoms. The number of hydrogen-bond donors (Lipinski definition) is 1. The van der Waals surface area contributed by atoms with E-state index < -0.39 is 0 Å². The zero-order valence-electron chi connectivity index (χ0n) is 12.1. The van der Waals surface area contributed by atoms with Crippen molar-refractivity contribution >= 4 is 34.6 Å². The number of nitrogens with one attached hydrogen (secondary N) is 1. The molecule has 0 saturated heterocycles. The Bertz CT molecular complexity index is 644. The Balaban J connectivity index is 2.19. The number of benzene rings is 2. The monoisotopic (exact) mass is 326 g/mol. The first-order chi connectivity index (χ1) is 9.88. The van der Waals surface area contributed by atoms with Crippen molar-refractivity contribution in [3.8, 4) is 0 Å². The van der Waals surface area contributed by atoms with Crippen LogP contribution in [0.25, 0.3) is 0 Å². The Kier molecular flexibility index (Phi) is 4.96. The number of rotatable bonds is 4. The van der Waals surface area contributed by atoms with Crippen LogP contribution in [0.2, 0.25) is 10.0 Å². The molecule has 1 unspecified atom stereocenters. The van der Waals surface area contributed by atoms with Gasteiger partial charge in [0.2, 0.25) is 0 Å². The molecule has 0 spiro atoms. The lowest BCUT2D eigenvalue weighted by molar-refractivity contribution is 0.626. The summed E-state index contributed by atoms with van der Waals surface area (Å²) in [5.74, 6) is -0.339. The normalized spacial score (nSPS) is 12.1. The molecule has 1 atom stereocenters. The molecule has 0 aromatic heterocycles. The largest absolute Gasteiger partial charge is 0.378 e. The average molecular weight is 327 g/mol. The first kappa shape index (κ1) is 15.9. The molecule has 2 aromatic carbocycles. The maximum atomic E-state index is 13.1. The Labute approximate surface area is 134 Å². The molecule has 2 aromatic rings. The van der Waals surface area contributed by atoms with E-state index in [2.05, 4.69) is 5.32 Å². The van der Waals surface area contributed by atoms with Gasteiger partial charge in [0, 0.05) is 30.8 Å². The van der Waals surface area contributed by atoms with Gasteiger partial charge in [0.05, 0.1) is 10.7 Å². The fourth-order valence-corrected chi connectivity index (χ4v) is 2.82. The van der Waals surface area contributed by atoms with E-state index in [0.29, 0.717) is 10.0 Å². The highest BCUT2D eigenvalue weighted by Crippen LogP contribution is 2.31. The van der Waals surface area contributed by atoms with E-state index in [0.717, 1.165) is 16.9 Å². The molecule has 112 valence electrons. The predicted octanol–water partition coefficient (Wildman–Crippen LogP) is 5.37. The van der Waals surface area contributed by atoms with Gasteiger partial charge in [0.15, 0.2) is 0 Å². The van der Waals surface area contributed by atoms with Crippen molar-refractivity contribution in [2.75, 3.05) is 24.3 Å². The van der Waals surface area contributed by atoms with Crippen LogP contribution in [0.15, 0.2) is 36.4 Å². The van der Waals surface area contributed by atoms with Gasteiger partial charge in [-0.2, -0.15) is 0 Å². The standard InChI is InChI=1S/C16H17Cl2FN2/c1-10(13-6-4-11(19)8-14(13)17)20-12-5-7-16(21(2)3)15(18)9-12/h4-10,20H,1-3H3. The Morgan fingerprint density at radius 1 is 1.05 bits per heavy atom. The van der Waals surface area contributed by atoms with Crippen molar-refractivity contribution in [2.45, 2.75) is 13.0 Å². The van der Waals surface area contributed by atoms with Crippen LogP contribution in [-0.2, 0) is 0 Å². The van der Waals surface area contributed by atoms with Crippen molar-refractivity contribution in [1.29, 1.82) is 0 Å². The highest BCUT2D eigenvalue weighted by molar-refractivity contribution is 6.33. The summed E-state index contributed by atoms with van der Waals surface area (Å²) in [5.41, 5.74) is 2.68. The van der Waals surface area contributed by atoms with Crippen LogP contribution in [0, 0.1) is 5.82 Å². The van der Waals surface area contributed by atoms with Crippen molar-refractivity contribution < 1.29 is 4.39 Å². The van der Waals surface area contributed by atoms with Crippen LogP contribution >= 0.6 is 23.2 Å². The van der Waals surface area contributed by atoms with E-state index in [9.17, 15) is 4.39 Å². The summed E-state index contributed by atoms with van der Waals surface area (Å²) in [6, 6.07) is 10.1. The summed E-state index contributed by atoms with van der Waals surface area (Å²) in [4.78, 5) is 1.95. The summed E-state index contributed by atoms with van der Waals surface area (Å²) in [6.07, 6.45) is 0. The highest BCUT2D eigenvalue weighted by atomic mass is 35.5. The highest BCUT2D eigenvalue weighted by Gasteiger charge is 2.11. The molecule has 0 aliphatic rings. The van der Waals surface area contributed by atoms with Crippen molar-refractivity contribution in [3.63, 3.8) is 0 Å². The number of halogens is 3. The molecule has 5 heteroatoms. The molecule has 0 amide bonds. The first-order valence-corrected chi connectivity index (χ1v) is 7.32. The van der Waals surface area contributed by atoms with E-state index in [-0.39, 0.29) is 11.9 Å². The second kappa shape index (κ2) is 6.54. The van der Waals surface area contributed by atoms with Crippen molar-refractivity contribution in [2.24, 2.45) is 0 Å². The first-order valence-electron chi connectivity index (χ1n) is 6.57. The zero-order chi connectivity index (χ0) is 15.6. The van der Waals surface area contributed by atoms with Gasteiger partial charge >= 0.3 is 0 Å². The molecule has 2 nitrogen and oxygen atoms in total. The van der Waals surface area contributed by atoms with E-state index >= 15 is 0 Å². The smallest absolute Gasteiger partial charge is 0.124 e. The minimum Gasteiger partial charge on any atom is -0.378 e. The number of hydrogen-bond acceptors (Lipinski definition) is 2. The third kappa shape index (κ3) is 3.80. The molecule has 0 aliphatic carbocycles. The number of anilines is 2. The van der Waals surface area contributed by atoms with Gasteiger partial charge in [-0.05, 0) is 42.8 Å². The van der Waals surface area contributed by atoms with Gasteiger partial charge < -0.3 is 10.2 Å². The summed E-state index contributed by atoms with van der Waals surface area (Å²) in [5, 5.41) is 4.39. The Morgan fingerprint density at radius 3 is 2.33 bits per heavy atom. The van der Waals surface area contributed by atoms with Crippen LogP contribution in [-0.4, -0.2) is 14.1 Å². The Morgan fingerprint density at radius 2 is 1.76 bits per heavy atom. The molecule has 0 radical (unpaired) electrons. The van der Waals surface area contributed by atoms with E-state index in [4.69, 9.17) is 23.2 Å². The summed E-state index contributed by atoms with van der Waals surface area (Å²) in [6.45, 7) is 1.97. The lowest BCUT2D eigenvalue weighted by Crippen LogP contribution is -2.10. The second-order valence-corrected chi connectivity index (χ2v) is 5.91. The summed E-state index contributed by atoms with van der Waals surface area (Å²) < 4.78 is 13.1. The zero-order valence-corrected chi connectivity index (χ0v) is 13.6. The predicted molar refractivity (Wildman–Crippen MR) is 89.2 cm³/mol. The molecule has 21 heavy (non-hydrogen) atoms. The molecular formula is C16H17Cl2FN2. The van der Waals surface area contributed by atoms with Gasteiger partial charge in [-0.1, -0.05) is 29.3 Å². The summed E-state index contributed by atoms with van der Waals surface area (Å²) >= 11 is 12.3. The molecule has 0 aliphatic heterocycles. The lowest BCUT2D eigenvalue weighted by atomic mass is 10.1. The fraction of sp³-hybridized carbons (Fsp3) is 0.250. The van der Waals surface area contributed by atoms with Gasteiger partial charge in [-0.15, -0.1) is 0 Å². The van der Waals surface area contributed by atoms with Crippen molar-refractivity contribution in [3.05, 3.63) is 57.8 Å².